The van der Waals surface area contributed by atoms with Crippen molar-refractivity contribution in [3.8, 4) is 0 Å². The lowest BCUT2D eigenvalue weighted by Crippen LogP contribution is -2.23. The maximum absolute atomic E-state index is 12.8. The average molecular weight is 386 g/mol. The second kappa shape index (κ2) is 7.87. The van der Waals surface area contributed by atoms with Crippen LogP contribution in [0.3, 0.4) is 0 Å². The number of rotatable bonds is 5. The lowest BCUT2D eigenvalue weighted by molar-refractivity contribution is -0.143. The SMILES string of the molecule is CCOC(=O)Cn1c(=NC(=O)c2cc(C)nn2C(C)C)sc2ccccc21. The minimum atomic E-state index is -0.381. The second-order valence-electron chi connectivity index (χ2n) is 6.37. The van der Waals surface area contributed by atoms with Crippen molar-refractivity contribution in [1.82, 2.24) is 14.3 Å². The van der Waals surface area contributed by atoms with E-state index >= 15 is 0 Å². The van der Waals surface area contributed by atoms with E-state index in [1.54, 1.807) is 22.2 Å². The Kier molecular flexibility index (Phi) is 5.55. The third-order valence-corrected chi connectivity index (χ3v) is 5.00. The molecule has 0 aliphatic rings. The van der Waals surface area contributed by atoms with Crippen molar-refractivity contribution in [3.63, 3.8) is 0 Å². The van der Waals surface area contributed by atoms with E-state index in [1.165, 1.54) is 11.3 Å². The second-order valence-corrected chi connectivity index (χ2v) is 7.38. The molecule has 1 aromatic carbocycles. The van der Waals surface area contributed by atoms with E-state index in [0.29, 0.717) is 17.1 Å². The standard InChI is InChI=1S/C19H22N4O3S/c1-5-26-17(24)11-22-14-8-6-7-9-16(14)27-19(22)20-18(25)15-10-13(4)21-23(15)12(2)3/h6-10,12H,5,11H2,1-4H3. The molecule has 0 bridgehead atoms. The summed E-state index contributed by atoms with van der Waals surface area (Å²) in [7, 11) is 0. The third-order valence-electron chi connectivity index (χ3n) is 3.94. The van der Waals surface area contributed by atoms with Crippen molar-refractivity contribution in [2.24, 2.45) is 4.99 Å². The molecule has 0 saturated carbocycles. The number of ether oxygens (including phenoxy) is 1. The van der Waals surface area contributed by atoms with E-state index in [0.717, 1.165) is 15.9 Å². The van der Waals surface area contributed by atoms with Gasteiger partial charge in [-0.05, 0) is 45.9 Å². The Morgan fingerprint density at radius 3 is 2.74 bits per heavy atom. The van der Waals surface area contributed by atoms with Crippen LogP contribution in [0.25, 0.3) is 10.2 Å². The highest BCUT2D eigenvalue weighted by atomic mass is 32.1. The van der Waals surface area contributed by atoms with Crippen LogP contribution >= 0.6 is 11.3 Å². The quantitative estimate of drug-likeness (QED) is 0.631. The van der Waals surface area contributed by atoms with Gasteiger partial charge >= 0.3 is 5.97 Å². The molecule has 0 fully saturated rings. The number of benzene rings is 1. The van der Waals surface area contributed by atoms with Gasteiger partial charge in [0, 0.05) is 6.04 Å². The zero-order chi connectivity index (χ0) is 19.6. The number of thiazole rings is 1. The number of amides is 1. The van der Waals surface area contributed by atoms with E-state index in [-0.39, 0.29) is 24.5 Å². The molecule has 3 aromatic rings. The van der Waals surface area contributed by atoms with Gasteiger partial charge in [0.1, 0.15) is 12.2 Å². The first-order valence-corrected chi connectivity index (χ1v) is 9.61. The van der Waals surface area contributed by atoms with Gasteiger partial charge in [0.15, 0.2) is 4.80 Å². The van der Waals surface area contributed by atoms with Crippen molar-refractivity contribution >= 4 is 33.4 Å². The highest BCUT2D eigenvalue weighted by Gasteiger charge is 2.17. The number of aryl methyl sites for hydroxylation is 1. The first-order valence-electron chi connectivity index (χ1n) is 8.80. The Balaban J connectivity index is 2.10. The van der Waals surface area contributed by atoms with Gasteiger partial charge < -0.3 is 9.30 Å². The molecule has 0 saturated heterocycles. The van der Waals surface area contributed by atoms with Crippen molar-refractivity contribution in [2.45, 2.75) is 40.3 Å². The summed E-state index contributed by atoms with van der Waals surface area (Å²) in [5.74, 6) is -0.744. The number of esters is 1. The molecule has 2 aromatic heterocycles. The molecule has 0 radical (unpaired) electrons. The number of aromatic nitrogens is 3. The summed E-state index contributed by atoms with van der Waals surface area (Å²) in [4.78, 5) is 29.6. The van der Waals surface area contributed by atoms with Crippen molar-refractivity contribution in [3.05, 3.63) is 46.5 Å². The van der Waals surface area contributed by atoms with Gasteiger partial charge in [0.2, 0.25) is 0 Å². The van der Waals surface area contributed by atoms with Crippen LogP contribution < -0.4 is 4.80 Å². The smallest absolute Gasteiger partial charge is 0.326 e. The molecule has 0 aliphatic carbocycles. The molecule has 8 heteroatoms. The Bertz CT molecular complexity index is 1060. The molecule has 2 heterocycles. The molecule has 27 heavy (non-hydrogen) atoms. The number of carbonyl (C=O) groups is 2. The summed E-state index contributed by atoms with van der Waals surface area (Å²) >= 11 is 1.37. The lowest BCUT2D eigenvalue weighted by Gasteiger charge is -2.08. The van der Waals surface area contributed by atoms with Crippen LogP contribution in [0.4, 0.5) is 0 Å². The van der Waals surface area contributed by atoms with Crippen LogP contribution in [0.5, 0.6) is 0 Å². The normalized spacial score (nSPS) is 12.1. The van der Waals surface area contributed by atoms with Crippen LogP contribution in [0.2, 0.25) is 0 Å². The summed E-state index contributed by atoms with van der Waals surface area (Å²) in [6, 6.07) is 9.41. The Morgan fingerprint density at radius 2 is 2.04 bits per heavy atom. The summed E-state index contributed by atoms with van der Waals surface area (Å²) in [6.45, 7) is 7.84. The number of nitrogens with zero attached hydrogens (tertiary/aromatic N) is 4. The first-order chi connectivity index (χ1) is 12.9. The first kappa shape index (κ1) is 19.0. The number of hydrogen-bond acceptors (Lipinski definition) is 5. The summed E-state index contributed by atoms with van der Waals surface area (Å²) < 4.78 is 9.40. The van der Waals surface area contributed by atoms with Crippen molar-refractivity contribution in [2.75, 3.05) is 6.61 Å². The van der Waals surface area contributed by atoms with Gasteiger partial charge in [-0.3, -0.25) is 14.3 Å². The molecule has 0 atom stereocenters. The molecular formula is C19H22N4O3S. The van der Waals surface area contributed by atoms with Crippen LogP contribution in [-0.2, 0) is 16.1 Å². The van der Waals surface area contributed by atoms with Crippen molar-refractivity contribution in [1.29, 1.82) is 0 Å². The Labute approximate surface area is 160 Å². The minimum Gasteiger partial charge on any atom is -0.465 e. The van der Waals surface area contributed by atoms with Gasteiger partial charge in [0.05, 0.1) is 22.5 Å². The molecule has 142 valence electrons. The zero-order valence-electron chi connectivity index (χ0n) is 15.8. The van der Waals surface area contributed by atoms with Crippen LogP contribution in [0, 0.1) is 6.92 Å². The molecule has 0 aliphatic heterocycles. The van der Waals surface area contributed by atoms with Gasteiger partial charge in [-0.15, -0.1) is 0 Å². The maximum Gasteiger partial charge on any atom is 0.326 e. The fraction of sp³-hybridized carbons (Fsp3) is 0.368. The Morgan fingerprint density at radius 1 is 1.30 bits per heavy atom. The summed E-state index contributed by atoms with van der Waals surface area (Å²) in [5, 5.41) is 4.37. The van der Waals surface area contributed by atoms with E-state index in [2.05, 4.69) is 10.1 Å². The topological polar surface area (TPSA) is 78.5 Å². The van der Waals surface area contributed by atoms with Crippen molar-refractivity contribution < 1.29 is 14.3 Å². The van der Waals surface area contributed by atoms with Crippen LogP contribution in [0.1, 0.15) is 43.0 Å². The monoisotopic (exact) mass is 386 g/mol. The van der Waals surface area contributed by atoms with Crippen LogP contribution in [-0.4, -0.2) is 32.8 Å². The molecule has 3 rings (SSSR count). The van der Waals surface area contributed by atoms with Gasteiger partial charge in [-0.1, -0.05) is 23.5 Å². The van der Waals surface area contributed by atoms with Gasteiger partial charge in [-0.25, -0.2) is 0 Å². The van der Waals surface area contributed by atoms with Gasteiger partial charge in [0.25, 0.3) is 5.91 Å². The predicted molar refractivity (Wildman–Crippen MR) is 104 cm³/mol. The number of para-hydroxylation sites is 1. The number of hydrogen-bond donors (Lipinski definition) is 0. The number of carbonyl (C=O) groups excluding carboxylic acids is 2. The van der Waals surface area contributed by atoms with Gasteiger partial charge in [-0.2, -0.15) is 10.1 Å². The molecule has 0 unspecified atom stereocenters. The minimum absolute atomic E-state index is 0.00639. The van der Waals surface area contributed by atoms with E-state index in [4.69, 9.17) is 4.74 Å². The number of fused-ring (bicyclic) bond motifs is 1. The summed E-state index contributed by atoms with van der Waals surface area (Å²) in [6.07, 6.45) is 0. The van der Waals surface area contributed by atoms with E-state index < -0.39 is 0 Å². The third kappa shape index (κ3) is 4.00. The lowest BCUT2D eigenvalue weighted by atomic mass is 10.3. The average Bonchev–Trinajstić information content (AvgIpc) is 3.17. The summed E-state index contributed by atoms with van der Waals surface area (Å²) in [5.41, 5.74) is 2.04. The molecular weight excluding hydrogens is 364 g/mol. The molecule has 0 spiro atoms. The molecule has 1 amide bonds. The predicted octanol–water partition coefficient (Wildman–Crippen LogP) is 3.09. The fourth-order valence-corrected chi connectivity index (χ4v) is 3.84. The van der Waals surface area contributed by atoms with Crippen LogP contribution in [0.15, 0.2) is 35.3 Å². The zero-order valence-corrected chi connectivity index (χ0v) is 16.6. The largest absolute Gasteiger partial charge is 0.465 e. The maximum atomic E-state index is 12.8. The highest BCUT2D eigenvalue weighted by molar-refractivity contribution is 7.16. The fourth-order valence-electron chi connectivity index (χ4n) is 2.81. The van der Waals surface area contributed by atoms with E-state index in [9.17, 15) is 9.59 Å². The Hall–Kier alpha value is -2.74. The molecule has 7 nitrogen and oxygen atoms in total. The van der Waals surface area contributed by atoms with E-state index in [1.807, 2.05) is 45.0 Å². The molecule has 0 N–H and O–H groups in total. The highest BCUT2D eigenvalue weighted by Crippen LogP contribution is 2.17.